The molecule has 0 radical (unpaired) electrons. The van der Waals surface area contributed by atoms with E-state index in [2.05, 4.69) is 51.7 Å². The molecule has 3 heterocycles. The van der Waals surface area contributed by atoms with Crippen molar-refractivity contribution in [3.05, 3.63) is 52.9 Å². The molecule has 7 heteroatoms. The second-order valence-corrected chi connectivity index (χ2v) is 9.30. The van der Waals surface area contributed by atoms with Gasteiger partial charge in [0.25, 0.3) is 5.56 Å². The number of hydrogen-bond acceptors (Lipinski definition) is 6. The summed E-state index contributed by atoms with van der Waals surface area (Å²) < 4.78 is 1.94. The van der Waals surface area contributed by atoms with Gasteiger partial charge in [-0.05, 0) is 55.5 Å². The summed E-state index contributed by atoms with van der Waals surface area (Å²) >= 11 is 0. The van der Waals surface area contributed by atoms with E-state index < -0.39 is 0 Å². The lowest BCUT2D eigenvalue weighted by atomic mass is 9.82. The van der Waals surface area contributed by atoms with Crippen molar-refractivity contribution in [2.75, 3.05) is 36.4 Å². The monoisotopic (exact) mass is 446 g/mol. The summed E-state index contributed by atoms with van der Waals surface area (Å²) in [6.45, 7) is 6.28. The molecular weight excluding hydrogens is 412 g/mol. The Labute approximate surface area is 195 Å². The highest BCUT2D eigenvalue weighted by Gasteiger charge is 2.26. The zero-order chi connectivity index (χ0) is 22.6. The molecule has 0 amide bonds. The lowest BCUT2D eigenvalue weighted by Gasteiger charge is -2.31. The van der Waals surface area contributed by atoms with Crippen LogP contribution in [0.25, 0.3) is 11.0 Å². The molecule has 7 nitrogen and oxygen atoms in total. The second kappa shape index (κ2) is 9.91. The van der Waals surface area contributed by atoms with Crippen LogP contribution in [0.2, 0.25) is 0 Å². The first-order chi connectivity index (χ1) is 16.2. The fraction of sp³-hybridized carbons (Fsp3) is 0.500. The van der Waals surface area contributed by atoms with Gasteiger partial charge in [-0.3, -0.25) is 9.36 Å². The van der Waals surface area contributed by atoms with Crippen LogP contribution in [-0.4, -0.2) is 40.7 Å². The topological polar surface area (TPSA) is 75.1 Å². The Morgan fingerprint density at radius 3 is 2.55 bits per heavy atom. The van der Waals surface area contributed by atoms with Crippen molar-refractivity contribution in [3.8, 4) is 0 Å². The average Bonchev–Trinajstić information content (AvgIpc) is 2.87. The zero-order valence-electron chi connectivity index (χ0n) is 19.5. The Hall–Kier alpha value is -2.93. The third-order valence-corrected chi connectivity index (χ3v) is 7.22. The van der Waals surface area contributed by atoms with Crippen molar-refractivity contribution >= 4 is 28.4 Å². The normalized spacial score (nSPS) is 18.4. The molecule has 1 unspecified atom stereocenters. The van der Waals surface area contributed by atoms with Gasteiger partial charge in [-0.1, -0.05) is 26.2 Å². The largest absolute Gasteiger partial charge is 0.369 e. The molecular formula is C26H34N6O. The summed E-state index contributed by atoms with van der Waals surface area (Å²) in [6.07, 6.45) is 8.96. The number of rotatable bonds is 6. The van der Waals surface area contributed by atoms with Gasteiger partial charge in [0.1, 0.15) is 5.65 Å². The van der Waals surface area contributed by atoms with Gasteiger partial charge in [0, 0.05) is 61.2 Å². The number of anilines is 3. The van der Waals surface area contributed by atoms with E-state index in [9.17, 15) is 4.79 Å². The summed E-state index contributed by atoms with van der Waals surface area (Å²) in [5.74, 6) is 1.06. The molecule has 2 fully saturated rings. The molecule has 2 N–H and O–H groups in total. The molecule has 1 aliphatic heterocycles. The minimum atomic E-state index is 0.0324. The Morgan fingerprint density at radius 1 is 1.06 bits per heavy atom. The van der Waals surface area contributed by atoms with E-state index in [1.54, 1.807) is 6.07 Å². The predicted molar refractivity (Wildman–Crippen MR) is 135 cm³/mol. The fourth-order valence-electron chi connectivity index (χ4n) is 5.47. The van der Waals surface area contributed by atoms with Crippen molar-refractivity contribution in [1.29, 1.82) is 0 Å². The standard InChI is InChI=1S/C26H34N6O/c1-2-23(19-6-4-3-5-7-19)32-24(33)13-8-20-18-28-26(30-25(20)32)29-21-9-11-22(12-10-21)31-16-14-27-15-17-31/h8-13,18-19,23,27H,2-7,14-17H2,1H3,(H,28,29,30). The first-order valence-corrected chi connectivity index (χ1v) is 12.4. The smallest absolute Gasteiger partial charge is 0.252 e. The molecule has 174 valence electrons. The molecule has 2 aromatic heterocycles. The number of benzene rings is 1. The van der Waals surface area contributed by atoms with Crippen molar-refractivity contribution in [2.24, 2.45) is 5.92 Å². The summed E-state index contributed by atoms with van der Waals surface area (Å²) in [5.41, 5.74) is 2.94. The van der Waals surface area contributed by atoms with Gasteiger partial charge in [-0.25, -0.2) is 4.98 Å². The maximum Gasteiger partial charge on any atom is 0.252 e. The molecule has 2 aliphatic rings. The lowest BCUT2D eigenvalue weighted by Crippen LogP contribution is -2.43. The van der Waals surface area contributed by atoms with E-state index in [0.717, 1.165) is 49.3 Å². The van der Waals surface area contributed by atoms with Gasteiger partial charge in [0.2, 0.25) is 5.95 Å². The molecule has 33 heavy (non-hydrogen) atoms. The van der Waals surface area contributed by atoms with Gasteiger partial charge in [-0.2, -0.15) is 4.98 Å². The fourth-order valence-corrected chi connectivity index (χ4v) is 5.47. The van der Waals surface area contributed by atoms with Gasteiger partial charge in [0.15, 0.2) is 0 Å². The minimum absolute atomic E-state index is 0.0324. The van der Waals surface area contributed by atoms with Crippen LogP contribution in [0.3, 0.4) is 0 Å². The van der Waals surface area contributed by atoms with Crippen molar-refractivity contribution in [1.82, 2.24) is 19.9 Å². The number of hydrogen-bond donors (Lipinski definition) is 2. The first-order valence-electron chi connectivity index (χ1n) is 12.4. The summed E-state index contributed by atoms with van der Waals surface area (Å²) in [4.78, 5) is 24.8. The Morgan fingerprint density at radius 2 is 1.82 bits per heavy atom. The van der Waals surface area contributed by atoms with Crippen LogP contribution in [0.4, 0.5) is 17.3 Å². The quantitative estimate of drug-likeness (QED) is 0.582. The van der Waals surface area contributed by atoms with E-state index in [0.29, 0.717) is 11.9 Å². The van der Waals surface area contributed by atoms with Crippen LogP contribution >= 0.6 is 0 Å². The van der Waals surface area contributed by atoms with Crippen molar-refractivity contribution < 1.29 is 0 Å². The number of piperazine rings is 1. The van der Waals surface area contributed by atoms with Crippen LogP contribution < -0.4 is 21.1 Å². The van der Waals surface area contributed by atoms with Crippen molar-refractivity contribution in [2.45, 2.75) is 51.5 Å². The molecule has 3 aromatic rings. The lowest BCUT2D eigenvalue weighted by molar-refractivity contribution is 0.243. The van der Waals surface area contributed by atoms with Crippen LogP contribution in [0, 0.1) is 5.92 Å². The Balaban J connectivity index is 1.42. The maximum atomic E-state index is 13.0. The molecule has 5 rings (SSSR count). The minimum Gasteiger partial charge on any atom is -0.369 e. The molecule has 1 aromatic carbocycles. The van der Waals surface area contributed by atoms with Crippen molar-refractivity contribution in [3.63, 3.8) is 0 Å². The molecule has 0 bridgehead atoms. The molecule has 0 spiro atoms. The maximum absolute atomic E-state index is 13.0. The highest BCUT2D eigenvalue weighted by atomic mass is 16.1. The highest BCUT2D eigenvalue weighted by Crippen LogP contribution is 2.35. The number of aromatic nitrogens is 3. The highest BCUT2D eigenvalue weighted by molar-refractivity contribution is 5.76. The van der Waals surface area contributed by atoms with Gasteiger partial charge in [0.05, 0.1) is 0 Å². The van der Waals surface area contributed by atoms with Gasteiger partial charge >= 0.3 is 0 Å². The Kier molecular flexibility index (Phi) is 6.58. The van der Waals surface area contributed by atoms with Gasteiger partial charge in [-0.15, -0.1) is 0 Å². The number of fused-ring (bicyclic) bond motifs is 1. The summed E-state index contributed by atoms with van der Waals surface area (Å²) in [6, 6.07) is 12.1. The zero-order valence-corrected chi connectivity index (χ0v) is 19.5. The third-order valence-electron chi connectivity index (χ3n) is 7.22. The molecule has 1 atom stereocenters. The van der Waals surface area contributed by atoms with E-state index in [1.165, 1.54) is 37.8 Å². The average molecular weight is 447 g/mol. The van der Waals surface area contributed by atoms with E-state index >= 15 is 0 Å². The van der Waals surface area contributed by atoms with Crippen LogP contribution in [0.15, 0.2) is 47.4 Å². The molecule has 1 saturated heterocycles. The number of pyridine rings is 1. The van der Waals surface area contributed by atoms with Crippen LogP contribution in [0.1, 0.15) is 51.5 Å². The van der Waals surface area contributed by atoms with Crippen LogP contribution in [-0.2, 0) is 0 Å². The second-order valence-electron chi connectivity index (χ2n) is 9.30. The SMILES string of the molecule is CCC(C1CCCCC1)n1c(=O)ccc2cnc(Nc3ccc(N4CCNCC4)cc3)nc21. The first kappa shape index (κ1) is 21.9. The summed E-state index contributed by atoms with van der Waals surface area (Å²) in [5, 5.41) is 7.64. The third kappa shape index (κ3) is 4.74. The summed E-state index contributed by atoms with van der Waals surface area (Å²) in [7, 11) is 0. The van der Waals surface area contributed by atoms with E-state index in [4.69, 9.17) is 4.98 Å². The van der Waals surface area contributed by atoms with Crippen LogP contribution in [0.5, 0.6) is 0 Å². The predicted octanol–water partition coefficient (Wildman–Crippen LogP) is 4.48. The number of nitrogens with one attached hydrogen (secondary N) is 2. The van der Waals surface area contributed by atoms with E-state index in [1.807, 2.05) is 16.8 Å². The van der Waals surface area contributed by atoms with Gasteiger partial charge < -0.3 is 15.5 Å². The number of nitrogens with zero attached hydrogens (tertiary/aromatic N) is 4. The Bertz CT molecular complexity index is 1130. The van der Waals surface area contributed by atoms with E-state index in [-0.39, 0.29) is 11.6 Å². The molecule has 1 aliphatic carbocycles. The molecule has 1 saturated carbocycles.